The molecule has 0 saturated heterocycles. The third kappa shape index (κ3) is 3.45. The molecule has 0 atom stereocenters. The molecule has 2 aromatic carbocycles. The van der Waals surface area contributed by atoms with E-state index in [0.29, 0.717) is 24.1 Å². The van der Waals surface area contributed by atoms with Gasteiger partial charge in [0, 0.05) is 17.6 Å². The summed E-state index contributed by atoms with van der Waals surface area (Å²) >= 11 is 6.19. The van der Waals surface area contributed by atoms with Crippen LogP contribution in [-0.2, 0) is 0 Å². The Hall–Kier alpha value is -3.12. The first-order valence-corrected chi connectivity index (χ1v) is 8.56. The van der Waals surface area contributed by atoms with Crippen molar-refractivity contribution in [1.29, 1.82) is 0 Å². The van der Waals surface area contributed by atoms with Crippen molar-refractivity contribution < 1.29 is 4.74 Å². The van der Waals surface area contributed by atoms with E-state index in [1.807, 2.05) is 60.8 Å². The zero-order valence-electron chi connectivity index (χ0n) is 13.8. The van der Waals surface area contributed by atoms with Crippen LogP contribution in [0.15, 0.2) is 67.1 Å². The highest BCUT2D eigenvalue weighted by Crippen LogP contribution is 2.21. The molecular weight excluding hydrogens is 350 g/mol. The second-order valence-electron chi connectivity index (χ2n) is 5.56. The number of rotatable bonds is 6. The van der Waals surface area contributed by atoms with Crippen molar-refractivity contribution in [2.24, 2.45) is 0 Å². The lowest BCUT2D eigenvalue weighted by Crippen LogP contribution is -2.13. The van der Waals surface area contributed by atoms with Gasteiger partial charge in [-0.15, -0.1) is 5.10 Å². The summed E-state index contributed by atoms with van der Waals surface area (Å²) in [6.45, 7) is 1.05. The molecule has 0 spiro atoms. The first-order valence-electron chi connectivity index (χ1n) is 8.18. The van der Waals surface area contributed by atoms with Gasteiger partial charge in [0.15, 0.2) is 0 Å². The summed E-state index contributed by atoms with van der Waals surface area (Å²) in [5, 5.41) is 9.29. The van der Waals surface area contributed by atoms with Gasteiger partial charge in [0.05, 0.1) is 22.8 Å². The number of para-hydroxylation sites is 2. The first-order chi connectivity index (χ1) is 12.8. The Labute approximate surface area is 155 Å². The van der Waals surface area contributed by atoms with Crippen LogP contribution in [0, 0.1) is 0 Å². The number of hydrogen-bond acceptors (Lipinski definition) is 5. The highest BCUT2D eigenvalue weighted by Gasteiger charge is 2.06. The Bertz CT molecular complexity index is 1030. The number of nitrogens with one attached hydrogen (secondary N) is 1. The smallest absolute Gasteiger partial charge is 0.233 e. The van der Waals surface area contributed by atoms with Gasteiger partial charge in [0.1, 0.15) is 18.8 Å². The zero-order valence-corrected chi connectivity index (χ0v) is 14.6. The molecule has 4 aromatic rings. The van der Waals surface area contributed by atoms with Crippen LogP contribution in [-0.4, -0.2) is 32.9 Å². The van der Waals surface area contributed by atoms with Crippen molar-refractivity contribution in [3.8, 4) is 11.6 Å². The third-order valence-corrected chi connectivity index (χ3v) is 4.17. The minimum Gasteiger partial charge on any atom is -0.475 e. The van der Waals surface area contributed by atoms with Gasteiger partial charge >= 0.3 is 0 Å². The lowest BCUT2D eigenvalue weighted by atomic mass is 10.2. The molecule has 6 nitrogen and oxygen atoms in total. The summed E-state index contributed by atoms with van der Waals surface area (Å²) in [5.74, 6) is 1.33. The van der Waals surface area contributed by atoms with Gasteiger partial charge in [-0.1, -0.05) is 35.9 Å². The molecule has 2 aromatic heterocycles. The normalized spacial score (nSPS) is 10.8. The van der Waals surface area contributed by atoms with E-state index in [1.165, 1.54) is 0 Å². The number of aromatic nitrogens is 4. The average molecular weight is 366 g/mol. The largest absolute Gasteiger partial charge is 0.475 e. The topological polar surface area (TPSA) is 64.9 Å². The lowest BCUT2D eigenvalue weighted by molar-refractivity contribution is 0.317. The standard InChI is InChI=1S/C19H16ClN5O/c20-15-6-2-4-8-17(15)25-11-9-18(24-25)26-12-10-21-19-14-5-1-3-7-16(14)22-13-23-19/h1-9,11,13H,10,12H2,(H,21,22,23). The van der Waals surface area contributed by atoms with Gasteiger partial charge < -0.3 is 10.1 Å². The lowest BCUT2D eigenvalue weighted by Gasteiger charge is -2.08. The van der Waals surface area contributed by atoms with E-state index in [0.717, 1.165) is 22.4 Å². The first kappa shape index (κ1) is 16.4. The Morgan fingerprint density at radius 3 is 2.77 bits per heavy atom. The predicted octanol–water partition coefficient (Wildman–Crippen LogP) is 3.96. The van der Waals surface area contributed by atoms with Gasteiger partial charge in [-0.05, 0) is 24.3 Å². The monoisotopic (exact) mass is 365 g/mol. The van der Waals surface area contributed by atoms with Gasteiger partial charge in [-0.25, -0.2) is 14.6 Å². The van der Waals surface area contributed by atoms with Gasteiger partial charge in [0.25, 0.3) is 0 Å². The molecular formula is C19H16ClN5O. The number of hydrogen-bond donors (Lipinski definition) is 1. The number of fused-ring (bicyclic) bond motifs is 1. The molecule has 0 fully saturated rings. The van der Waals surface area contributed by atoms with E-state index in [4.69, 9.17) is 16.3 Å². The minimum atomic E-state index is 0.456. The Kier molecular flexibility index (Phi) is 4.66. The van der Waals surface area contributed by atoms with E-state index in [1.54, 1.807) is 11.0 Å². The number of ether oxygens (including phenoxy) is 1. The highest BCUT2D eigenvalue weighted by molar-refractivity contribution is 6.32. The SMILES string of the molecule is Clc1ccccc1-n1ccc(OCCNc2ncnc3ccccc23)n1. The summed E-state index contributed by atoms with van der Waals surface area (Å²) in [6.07, 6.45) is 3.37. The fourth-order valence-electron chi connectivity index (χ4n) is 2.63. The zero-order chi connectivity index (χ0) is 17.8. The summed E-state index contributed by atoms with van der Waals surface area (Å²) in [5.41, 5.74) is 1.72. The maximum absolute atomic E-state index is 6.19. The Morgan fingerprint density at radius 1 is 1.00 bits per heavy atom. The second kappa shape index (κ2) is 7.41. The fraction of sp³-hybridized carbons (Fsp3) is 0.105. The molecule has 26 heavy (non-hydrogen) atoms. The van der Waals surface area contributed by atoms with Crippen LogP contribution in [0.5, 0.6) is 5.88 Å². The highest BCUT2D eigenvalue weighted by atomic mass is 35.5. The molecule has 130 valence electrons. The number of anilines is 1. The minimum absolute atomic E-state index is 0.456. The molecule has 4 rings (SSSR count). The molecule has 1 N–H and O–H groups in total. The van der Waals surface area contributed by atoms with Crippen molar-refractivity contribution in [3.05, 3.63) is 72.1 Å². The van der Waals surface area contributed by atoms with E-state index < -0.39 is 0 Å². The molecule has 0 saturated carbocycles. The maximum atomic E-state index is 6.19. The molecule has 0 aliphatic carbocycles. The summed E-state index contributed by atoms with van der Waals surface area (Å²) in [7, 11) is 0. The third-order valence-electron chi connectivity index (χ3n) is 3.85. The quantitative estimate of drug-likeness (QED) is 0.524. The number of benzene rings is 2. The van der Waals surface area contributed by atoms with E-state index >= 15 is 0 Å². The van der Waals surface area contributed by atoms with Gasteiger partial charge in [-0.3, -0.25) is 0 Å². The van der Waals surface area contributed by atoms with Crippen LogP contribution in [0.4, 0.5) is 5.82 Å². The summed E-state index contributed by atoms with van der Waals surface area (Å²) < 4.78 is 7.40. The van der Waals surface area contributed by atoms with Crippen LogP contribution >= 0.6 is 11.6 Å². The molecule has 0 bridgehead atoms. The van der Waals surface area contributed by atoms with Crippen LogP contribution in [0.2, 0.25) is 5.02 Å². The van der Waals surface area contributed by atoms with Crippen LogP contribution in [0.25, 0.3) is 16.6 Å². The molecule has 0 unspecified atom stereocenters. The molecule has 0 aliphatic rings. The average Bonchev–Trinajstić information content (AvgIpc) is 3.14. The van der Waals surface area contributed by atoms with E-state index in [2.05, 4.69) is 20.4 Å². The van der Waals surface area contributed by atoms with Crippen molar-refractivity contribution in [3.63, 3.8) is 0 Å². The van der Waals surface area contributed by atoms with E-state index in [-0.39, 0.29) is 0 Å². The van der Waals surface area contributed by atoms with Gasteiger partial charge in [-0.2, -0.15) is 0 Å². The predicted molar refractivity (Wildman–Crippen MR) is 102 cm³/mol. The Balaban J connectivity index is 1.36. The van der Waals surface area contributed by atoms with Gasteiger partial charge in [0.2, 0.25) is 5.88 Å². The number of nitrogens with zero attached hydrogens (tertiary/aromatic N) is 4. The van der Waals surface area contributed by atoms with Crippen LogP contribution in [0.1, 0.15) is 0 Å². The van der Waals surface area contributed by atoms with Crippen LogP contribution in [0.3, 0.4) is 0 Å². The molecule has 2 heterocycles. The molecule has 7 heteroatoms. The van der Waals surface area contributed by atoms with E-state index in [9.17, 15) is 0 Å². The van der Waals surface area contributed by atoms with Crippen LogP contribution < -0.4 is 10.1 Å². The molecule has 0 amide bonds. The number of halogens is 1. The second-order valence-corrected chi connectivity index (χ2v) is 5.97. The van der Waals surface area contributed by atoms with Crippen molar-refractivity contribution in [2.45, 2.75) is 0 Å². The summed E-state index contributed by atoms with van der Waals surface area (Å²) in [4.78, 5) is 8.54. The summed E-state index contributed by atoms with van der Waals surface area (Å²) in [6, 6.07) is 17.2. The Morgan fingerprint density at radius 2 is 1.85 bits per heavy atom. The molecule has 0 aliphatic heterocycles. The fourth-order valence-corrected chi connectivity index (χ4v) is 2.85. The van der Waals surface area contributed by atoms with Crippen molar-refractivity contribution in [2.75, 3.05) is 18.5 Å². The maximum Gasteiger partial charge on any atom is 0.233 e. The molecule has 0 radical (unpaired) electrons. The van der Waals surface area contributed by atoms with Crippen molar-refractivity contribution in [1.82, 2.24) is 19.7 Å². The van der Waals surface area contributed by atoms with Crippen molar-refractivity contribution >= 4 is 28.3 Å².